The van der Waals surface area contributed by atoms with Gasteiger partial charge in [-0.2, -0.15) is 0 Å². The summed E-state index contributed by atoms with van der Waals surface area (Å²) in [5.41, 5.74) is 0.986. The molecule has 2 amide bonds. The van der Waals surface area contributed by atoms with Crippen LogP contribution in [0.1, 0.15) is 36.0 Å². The number of anilines is 1. The van der Waals surface area contributed by atoms with Gasteiger partial charge in [0, 0.05) is 18.7 Å². The third-order valence-electron chi connectivity index (χ3n) is 4.89. The summed E-state index contributed by atoms with van der Waals surface area (Å²) < 4.78 is 20.7. The van der Waals surface area contributed by atoms with E-state index >= 15 is 0 Å². The zero-order valence-electron chi connectivity index (χ0n) is 16.5. The lowest BCUT2D eigenvalue weighted by molar-refractivity contribution is 0.0305. The highest BCUT2D eigenvalue weighted by molar-refractivity contribution is 7.18. The summed E-state index contributed by atoms with van der Waals surface area (Å²) in [6, 6.07) is 4.81. The van der Waals surface area contributed by atoms with E-state index in [0.717, 1.165) is 11.3 Å². The van der Waals surface area contributed by atoms with Gasteiger partial charge in [0.25, 0.3) is 11.8 Å². The van der Waals surface area contributed by atoms with Crippen LogP contribution in [0.3, 0.4) is 0 Å². The van der Waals surface area contributed by atoms with Crippen molar-refractivity contribution in [3.63, 3.8) is 0 Å². The van der Waals surface area contributed by atoms with E-state index in [0.29, 0.717) is 53.8 Å². The summed E-state index contributed by atoms with van der Waals surface area (Å²) in [6.07, 6.45) is 0. The summed E-state index contributed by atoms with van der Waals surface area (Å²) in [5.74, 6) is -0.223. The van der Waals surface area contributed by atoms with Gasteiger partial charge in [0.15, 0.2) is 11.5 Å². The van der Waals surface area contributed by atoms with Crippen LogP contribution in [0.4, 0.5) is 5.00 Å². The second-order valence-electron chi connectivity index (χ2n) is 6.68. The van der Waals surface area contributed by atoms with Gasteiger partial charge >= 0.3 is 5.97 Å². The van der Waals surface area contributed by atoms with E-state index < -0.39 is 11.9 Å². The summed E-state index contributed by atoms with van der Waals surface area (Å²) in [4.78, 5) is 40.2. The number of methoxy groups -OCH3 is 1. The molecule has 0 atom stereocenters. The molecule has 1 aromatic carbocycles. The molecule has 1 fully saturated rings. The first-order chi connectivity index (χ1) is 14.5. The fourth-order valence-electron chi connectivity index (χ4n) is 3.28. The standard InChI is InChI=1S/C20H20N2O7S/c1-11-15(20(25)26-2)18(30-16(11)19(24)22-5-7-27-8-6-22)21-17(23)12-3-4-13-14(9-12)29-10-28-13/h3-4,9H,5-8,10H2,1-2H3,(H,21,23). The normalized spacial score (nSPS) is 15.1. The number of nitrogens with zero attached hydrogens (tertiary/aromatic N) is 1. The maximum Gasteiger partial charge on any atom is 0.341 e. The Morgan fingerprint density at radius 3 is 2.60 bits per heavy atom. The fourth-order valence-corrected chi connectivity index (χ4v) is 4.43. The molecule has 1 saturated heterocycles. The van der Waals surface area contributed by atoms with Gasteiger partial charge in [-0.25, -0.2) is 4.79 Å². The number of amides is 2. The Balaban J connectivity index is 1.63. The van der Waals surface area contributed by atoms with Crippen LogP contribution in [0.15, 0.2) is 18.2 Å². The second kappa shape index (κ2) is 8.33. The summed E-state index contributed by atoms with van der Waals surface area (Å²) >= 11 is 1.06. The van der Waals surface area contributed by atoms with Crippen LogP contribution < -0.4 is 14.8 Å². The van der Waals surface area contributed by atoms with Crippen molar-refractivity contribution in [3.05, 3.63) is 39.8 Å². The first kappa shape index (κ1) is 20.2. The molecule has 0 aliphatic carbocycles. The van der Waals surface area contributed by atoms with Crippen LogP contribution in [0.5, 0.6) is 11.5 Å². The van der Waals surface area contributed by atoms with Crippen molar-refractivity contribution in [1.82, 2.24) is 4.90 Å². The zero-order valence-corrected chi connectivity index (χ0v) is 17.3. The van der Waals surface area contributed by atoms with Gasteiger partial charge in [0.1, 0.15) is 5.00 Å². The van der Waals surface area contributed by atoms with Crippen molar-refractivity contribution in [2.75, 3.05) is 45.5 Å². The Labute approximate surface area is 176 Å². The van der Waals surface area contributed by atoms with Crippen molar-refractivity contribution in [2.45, 2.75) is 6.92 Å². The highest BCUT2D eigenvalue weighted by atomic mass is 32.1. The van der Waals surface area contributed by atoms with E-state index in [1.54, 1.807) is 30.0 Å². The van der Waals surface area contributed by atoms with Crippen LogP contribution in [0, 0.1) is 6.92 Å². The smallest absolute Gasteiger partial charge is 0.341 e. The van der Waals surface area contributed by atoms with E-state index in [1.165, 1.54) is 7.11 Å². The minimum atomic E-state index is -0.620. The molecule has 158 valence electrons. The van der Waals surface area contributed by atoms with Crippen molar-refractivity contribution < 1.29 is 33.3 Å². The van der Waals surface area contributed by atoms with Gasteiger partial charge in [0.05, 0.1) is 30.8 Å². The quantitative estimate of drug-likeness (QED) is 0.740. The highest BCUT2D eigenvalue weighted by Crippen LogP contribution is 2.36. The Hall–Kier alpha value is -3.11. The minimum absolute atomic E-state index is 0.101. The Morgan fingerprint density at radius 1 is 1.13 bits per heavy atom. The maximum atomic E-state index is 13.0. The maximum absolute atomic E-state index is 13.0. The van der Waals surface area contributed by atoms with E-state index in [-0.39, 0.29) is 23.3 Å². The molecule has 2 aromatic rings. The molecule has 2 aliphatic rings. The molecule has 30 heavy (non-hydrogen) atoms. The molecule has 3 heterocycles. The third kappa shape index (κ3) is 3.71. The van der Waals surface area contributed by atoms with Crippen molar-refractivity contribution >= 4 is 34.1 Å². The fraction of sp³-hybridized carbons (Fsp3) is 0.350. The SMILES string of the molecule is COC(=O)c1c(NC(=O)c2ccc3c(c2)OCO3)sc(C(=O)N2CCOCC2)c1C. The first-order valence-corrected chi connectivity index (χ1v) is 10.1. The lowest BCUT2D eigenvalue weighted by Crippen LogP contribution is -2.40. The van der Waals surface area contributed by atoms with Crippen LogP contribution >= 0.6 is 11.3 Å². The first-order valence-electron chi connectivity index (χ1n) is 9.29. The molecule has 0 radical (unpaired) electrons. The van der Waals surface area contributed by atoms with E-state index in [4.69, 9.17) is 18.9 Å². The topological polar surface area (TPSA) is 103 Å². The Bertz CT molecular complexity index is 1010. The Morgan fingerprint density at radius 2 is 1.87 bits per heavy atom. The van der Waals surface area contributed by atoms with Gasteiger partial charge in [-0.05, 0) is 30.7 Å². The lowest BCUT2D eigenvalue weighted by atomic mass is 10.1. The van der Waals surface area contributed by atoms with Crippen molar-refractivity contribution in [2.24, 2.45) is 0 Å². The average Bonchev–Trinajstić information content (AvgIpc) is 3.37. The number of carbonyl (C=O) groups excluding carboxylic acids is 3. The second-order valence-corrected chi connectivity index (χ2v) is 7.70. The molecule has 1 aromatic heterocycles. The molecule has 0 saturated carbocycles. The minimum Gasteiger partial charge on any atom is -0.465 e. The number of hydrogen-bond donors (Lipinski definition) is 1. The molecule has 4 rings (SSSR count). The average molecular weight is 432 g/mol. The van der Waals surface area contributed by atoms with E-state index in [2.05, 4.69) is 5.32 Å². The van der Waals surface area contributed by atoms with E-state index in [9.17, 15) is 14.4 Å². The van der Waals surface area contributed by atoms with Crippen LogP contribution in [-0.2, 0) is 9.47 Å². The molecular weight excluding hydrogens is 412 g/mol. The molecular formula is C20H20N2O7S. The molecule has 0 spiro atoms. The number of ether oxygens (including phenoxy) is 4. The molecule has 0 unspecified atom stereocenters. The zero-order chi connectivity index (χ0) is 21.3. The van der Waals surface area contributed by atoms with Gasteiger partial charge < -0.3 is 29.2 Å². The monoisotopic (exact) mass is 432 g/mol. The number of hydrogen-bond acceptors (Lipinski definition) is 8. The van der Waals surface area contributed by atoms with Gasteiger partial charge in [-0.1, -0.05) is 0 Å². The lowest BCUT2D eigenvalue weighted by Gasteiger charge is -2.26. The predicted molar refractivity (Wildman–Crippen MR) is 108 cm³/mol. The molecule has 0 bridgehead atoms. The summed E-state index contributed by atoms with van der Waals surface area (Å²) in [6.45, 7) is 3.66. The van der Waals surface area contributed by atoms with Gasteiger partial charge in [0.2, 0.25) is 6.79 Å². The van der Waals surface area contributed by atoms with E-state index in [1.807, 2.05) is 0 Å². The number of benzene rings is 1. The van der Waals surface area contributed by atoms with Crippen LogP contribution in [-0.4, -0.2) is 62.9 Å². The summed E-state index contributed by atoms with van der Waals surface area (Å²) in [7, 11) is 1.26. The number of nitrogens with one attached hydrogen (secondary N) is 1. The van der Waals surface area contributed by atoms with Gasteiger partial charge in [-0.15, -0.1) is 11.3 Å². The largest absolute Gasteiger partial charge is 0.465 e. The number of fused-ring (bicyclic) bond motifs is 1. The predicted octanol–water partition coefficient (Wildman–Crippen LogP) is 2.30. The van der Waals surface area contributed by atoms with Crippen LogP contribution in [0.25, 0.3) is 0 Å². The van der Waals surface area contributed by atoms with Crippen molar-refractivity contribution in [1.29, 1.82) is 0 Å². The number of morpholine rings is 1. The number of rotatable bonds is 4. The van der Waals surface area contributed by atoms with Gasteiger partial charge in [-0.3, -0.25) is 9.59 Å². The molecule has 2 aliphatic heterocycles. The summed E-state index contributed by atoms with van der Waals surface area (Å²) in [5, 5.41) is 3.00. The highest BCUT2D eigenvalue weighted by Gasteiger charge is 2.29. The third-order valence-corrected chi connectivity index (χ3v) is 6.09. The molecule has 10 heteroatoms. The number of esters is 1. The Kier molecular flexibility index (Phi) is 5.60. The van der Waals surface area contributed by atoms with Crippen molar-refractivity contribution in [3.8, 4) is 11.5 Å². The van der Waals surface area contributed by atoms with Crippen LogP contribution in [0.2, 0.25) is 0 Å². The number of thiophene rings is 1. The number of carbonyl (C=O) groups is 3. The molecule has 1 N–H and O–H groups in total. The molecule has 9 nitrogen and oxygen atoms in total.